The van der Waals surface area contributed by atoms with Crippen molar-refractivity contribution >= 4 is 120 Å². The minimum Gasteiger partial charge on any atom is -0.340 e. The monoisotopic (exact) mass is 2150 g/mol. The summed E-state index contributed by atoms with van der Waals surface area (Å²) in [6.07, 6.45) is 15.2. The number of hydrogen-bond acceptors (Lipinski definition) is 4. The van der Waals surface area contributed by atoms with Crippen LogP contribution in [-0.2, 0) is 85.8 Å². The number of hydrogen-bond donors (Lipinski definition) is 0. The zero-order valence-corrected chi connectivity index (χ0v) is 73.8. The van der Waals surface area contributed by atoms with Crippen molar-refractivity contribution in [3.05, 3.63) is 298 Å². The average Bonchev–Trinajstić information content (AvgIpc) is 1.53. The molecule has 19 aromatic rings. The Bertz CT molecular complexity index is 6760. The van der Waals surface area contributed by atoms with Crippen LogP contribution in [0.15, 0.2) is 213 Å². The third kappa shape index (κ3) is 13.5. The summed E-state index contributed by atoms with van der Waals surface area (Å²) in [5.74, 6) is 2.43. The Morgan fingerprint density at radius 2 is 0.991 bits per heavy atom. The molecule has 2 saturated carbocycles. The van der Waals surface area contributed by atoms with Crippen LogP contribution in [-0.4, -0.2) is 37.5 Å². The number of pyridine rings is 4. The Balaban J connectivity index is 0.000000123. The average molecular weight is 2140 g/mol. The first kappa shape index (κ1) is 77.8. The summed E-state index contributed by atoms with van der Waals surface area (Å²) in [6.45, 7) is 29.1. The largest absolute Gasteiger partial charge is 0.340 e. The second-order valence-corrected chi connectivity index (χ2v) is 31.7. The van der Waals surface area contributed by atoms with Gasteiger partial charge in [0.05, 0.1) is 39.3 Å². The molecule has 0 amide bonds. The Labute approximate surface area is 697 Å². The molecule has 2 aliphatic carbocycles. The third-order valence-corrected chi connectivity index (χ3v) is 22.8. The second kappa shape index (κ2) is 30.7. The van der Waals surface area contributed by atoms with Gasteiger partial charge in [-0.15, -0.1) is 113 Å². The van der Waals surface area contributed by atoms with Gasteiger partial charge in [-0.2, -0.15) is 0 Å². The molecule has 0 bridgehead atoms. The Morgan fingerprint density at radius 3 is 1.63 bits per heavy atom. The quantitative estimate of drug-likeness (QED) is 0.123. The number of aromatic nitrogens is 8. The van der Waals surface area contributed by atoms with E-state index < -0.39 is 0 Å². The number of fused-ring (bicyclic) bond motifs is 26. The number of rotatable bonds is 6. The van der Waals surface area contributed by atoms with E-state index in [0.29, 0.717) is 23.7 Å². The van der Waals surface area contributed by atoms with Gasteiger partial charge >= 0.3 is 0 Å². The van der Waals surface area contributed by atoms with Gasteiger partial charge in [-0.05, 0) is 209 Å². The van der Waals surface area contributed by atoms with Gasteiger partial charge in [0.1, 0.15) is 0 Å². The van der Waals surface area contributed by atoms with Crippen LogP contribution >= 0.6 is 0 Å². The summed E-state index contributed by atoms with van der Waals surface area (Å²) in [7, 11) is 0. The first-order valence-corrected chi connectivity index (χ1v) is 37.9. The number of imidazole rings is 4. The molecule has 8 aromatic heterocycles. The van der Waals surface area contributed by atoms with Crippen molar-refractivity contribution in [2.75, 3.05) is 0 Å². The van der Waals surface area contributed by atoms with Gasteiger partial charge in [0.25, 0.3) is 0 Å². The fraction of sp³-hybridized carbons (Fsp3) is 0.224. The van der Waals surface area contributed by atoms with E-state index in [9.17, 15) is 0 Å². The van der Waals surface area contributed by atoms with Crippen LogP contribution in [0.2, 0.25) is 0 Å². The van der Waals surface area contributed by atoms with E-state index in [1.807, 2.05) is 48.9 Å². The van der Waals surface area contributed by atoms with Crippen molar-refractivity contribution in [2.24, 2.45) is 0 Å². The first-order chi connectivity index (χ1) is 51.4. The molecule has 2 aliphatic rings. The maximum atomic E-state index is 5.06. The van der Waals surface area contributed by atoms with E-state index in [2.05, 4.69) is 306 Å². The molecule has 0 unspecified atom stereocenters. The van der Waals surface area contributed by atoms with E-state index in [4.69, 9.17) is 9.97 Å². The summed E-state index contributed by atoms with van der Waals surface area (Å²) in [5, 5.41) is 14.3. The number of para-hydroxylation sites is 1. The van der Waals surface area contributed by atoms with Crippen molar-refractivity contribution < 1.29 is 80.4 Å². The van der Waals surface area contributed by atoms with Crippen LogP contribution in [0.4, 0.5) is 0 Å². The van der Waals surface area contributed by atoms with E-state index >= 15 is 0 Å². The summed E-state index contributed by atoms with van der Waals surface area (Å²) < 4.78 is 9.13. The molecule has 0 N–H and O–H groups in total. The Hall–Kier alpha value is -8.88. The molecule has 21 rings (SSSR count). The molecule has 110 heavy (non-hydrogen) atoms. The van der Waals surface area contributed by atoms with Gasteiger partial charge < -0.3 is 17.6 Å². The van der Waals surface area contributed by atoms with Crippen molar-refractivity contribution in [2.45, 2.75) is 145 Å². The van der Waals surface area contributed by atoms with Crippen LogP contribution in [0.25, 0.3) is 143 Å². The van der Waals surface area contributed by atoms with E-state index in [1.54, 1.807) is 11.1 Å². The molecular formula is C98H86Ir4N8-4. The topological polar surface area (TPSA) is 69.2 Å². The normalized spacial score (nSPS) is 13.0. The standard InChI is InChI=1S/C32H31N2.C27H25N2.C23H19N2.C16H11N2.4Ir/c1-18(2)23-15-26(21-9-10-21)31(27(16-23)22-11-12-22)30-17-33-32-25-8-6-5-7-24(25)28-13-19(3)20(4)14-29(28)34(30)32;1-17-9-8-10-18(2)24(17)23-16-19(27(3,4)5)15-22-20-11-6-7-12-21(20)26-28-13-14-29(26)25(22)23;1-14(2)16-11-12-19-21(13-16)25-20-10-5-4-8-17(20)22-15(3)7-6-9-18(22)23(25)24-19;1-11-6-7-13-12-4-2-3-5-14(12)16-17-8-9-18(16)15(13)10-11;;;;/h5-7,13-18,21-22H,9-12H2,1-4H3;6-11,13-16H,1-5H3;4-8,10-14H,1-3H3;2-4,6-10H,1H3;;;;/q4*-1;;;;. The summed E-state index contributed by atoms with van der Waals surface area (Å²) >= 11 is 0. The van der Waals surface area contributed by atoms with Crippen LogP contribution in [0.1, 0.15) is 159 Å². The van der Waals surface area contributed by atoms with Crippen LogP contribution in [0.3, 0.4) is 0 Å². The van der Waals surface area contributed by atoms with Crippen molar-refractivity contribution in [3.63, 3.8) is 0 Å². The molecule has 4 radical (unpaired) electrons. The van der Waals surface area contributed by atoms with Crippen LogP contribution in [0, 0.1) is 65.8 Å². The second-order valence-electron chi connectivity index (χ2n) is 31.7. The van der Waals surface area contributed by atoms with Gasteiger partial charge in [-0.25, -0.2) is 0 Å². The number of aryl methyl sites for hydroxylation is 6. The van der Waals surface area contributed by atoms with Gasteiger partial charge in [0.15, 0.2) is 0 Å². The third-order valence-electron chi connectivity index (χ3n) is 22.8. The number of benzene rings is 11. The smallest absolute Gasteiger partial charge is 0.0774 e. The van der Waals surface area contributed by atoms with Crippen molar-refractivity contribution in [1.82, 2.24) is 37.5 Å². The number of nitrogens with zero attached hydrogens (tertiary/aromatic N) is 8. The Kier molecular flexibility index (Phi) is 21.7. The summed E-state index contributed by atoms with van der Waals surface area (Å²) in [5.41, 5.74) is 31.5. The van der Waals surface area contributed by atoms with Crippen LogP contribution in [0.5, 0.6) is 0 Å². The molecule has 11 aromatic carbocycles. The molecule has 12 heteroatoms. The predicted octanol–water partition coefficient (Wildman–Crippen LogP) is 25.4. The maximum Gasteiger partial charge on any atom is 0.0774 e. The fourth-order valence-corrected chi connectivity index (χ4v) is 16.7. The van der Waals surface area contributed by atoms with E-state index in [-0.39, 0.29) is 85.8 Å². The zero-order chi connectivity index (χ0) is 72.7. The molecule has 0 aliphatic heterocycles. The molecule has 8 heterocycles. The van der Waals surface area contributed by atoms with Crippen molar-refractivity contribution in [1.29, 1.82) is 0 Å². The Morgan fingerprint density at radius 1 is 0.409 bits per heavy atom. The molecule has 8 nitrogen and oxygen atoms in total. The SMILES string of the molecule is Cc1cc2c3ccc[c-]c3c3ncc(-c4c(C5CC5)cc(C(C)C)cc4C4CC4)n3c2cc1C.Cc1cc[c-]c2c1c1ccccc1n1c3cc(C(C)C)ccc3nc21.Cc1ccc2c3ccc[c-]c3c3nccn3c2c1.Cc1cccc(C)c1-c1cc(C(C)(C)C)cc2c3ccc[c-]c3c3nccn3c12.[Ir].[Ir].[Ir].[Ir]. The van der Waals surface area contributed by atoms with E-state index in [1.165, 1.54) is 169 Å². The fourth-order valence-electron chi connectivity index (χ4n) is 16.7. The molecule has 0 saturated heterocycles. The van der Waals surface area contributed by atoms with E-state index in [0.717, 1.165) is 49.7 Å². The first-order valence-electron chi connectivity index (χ1n) is 37.9. The molecule has 2 fully saturated rings. The van der Waals surface area contributed by atoms with Gasteiger partial charge in [-0.1, -0.05) is 161 Å². The zero-order valence-electron chi connectivity index (χ0n) is 64.3. The van der Waals surface area contributed by atoms with Gasteiger partial charge in [-0.3, -0.25) is 19.9 Å². The molecule has 0 spiro atoms. The predicted molar refractivity (Wildman–Crippen MR) is 444 cm³/mol. The maximum absolute atomic E-state index is 5.06. The minimum absolute atomic E-state index is 0. The summed E-state index contributed by atoms with van der Waals surface area (Å²) in [6, 6.07) is 79.4. The van der Waals surface area contributed by atoms with Crippen LogP contribution < -0.4 is 0 Å². The molecular weight excluding hydrogens is 2060 g/mol. The molecule has 0 atom stereocenters. The van der Waals surface area contributed by atoms with Crippen molar-refractivity contribution in [3.8, 4) is 22.4 Å². The summed E-state index contributed by atoms with van der Waals surface area (Å²) in [4.78, 5) is 19.2. The molecule has 558 valence electrons. The van der Waals surface area contributed by atoms with Gasteiger partial charge in [0, 0.05) is 145 Å². The van der Waals surface area contributed by atoms with Gasteiger partial charge in [0.2, 0.25) is 0 Å². The minimum atomic E-state index is 0.